The van der Waals surface area contributed by atoms with Crippen LogP contribution in [0.3, 0.4) is 0 Å². The van der Waals surface area contributed by atoms with E-state index in [1.54, 1.807) is 30.3 Å². The van der Waals surface area contributed by atoms with Crippen molar-refractivity contribution in [3.05, 3.63) is 58.3 Å². The molecule has 0 aliphatic heterocycles. The van der Waals surface area contributed by atoms with Gasteiger partial charge in [-0.15, -0.1) is 0 Å². The summed E-state index contributed by atoms with van der Waals surface area (Å²) in [4.78, 5) is 12.1. The number of hydrogen-bond donors (Lipinski definition) is 1. The summed E-state index contributed by atoms with van der Waals surface area (Å²) < 4.78 is 19.3. The molecule has 6 heteroatoms. The monoisotopic (exact) mass is 348 g/mol. The average molecular weight is 349 g/mol. The Kier molecular flexibility index (Phi) is 4.90. The molecular formula is C15H10BrFN2O2. The number of rotatable bonds is 4. The molecule has 1 N–H and O–H groups in total. The van der Waals surface area contributed by atoms with Crippen LogP contribution in [0.25, 0.3) is 0 Å². The van der Waals surface area contributed by atoms with Crippen molar-refractivity contribution in [2.24, 2.45) is 0 Å². The second kappa shape index (κ2) is 6.86. The molecular weight excluding hydrogens is 339 g/mol. The van der Waals surface area contributed by atoms with E-state index < -0.39 is 11.7 Å². The third-order valence-corrected chi connectivity index (χ3v) is 3.24. The summed E-state index contributed by atoms with van der Waals surface area (Å²) in [5, 5.41) is 11.1. The number of para-hydroxylation sites is 2. The first-order valence-corrected chi connectivity index (χ1v) is 6.77. The fraction of sp³-hybridized carbons (Fsp3) is 0.0667. The summed E-state index contributed by atoms with van der Waals surface area (Å²) >= 11 is 3.03. The van der Waals surface area contributed by atoms with Crippen molar-refractivity contribution in [3.63, 3.8) is 0 Å². The average Bonchev–Trinajstić information content (AvgIpc) is 2.49. The highest BCUT2D eigenvalue weighted by molar-refractivity contribution is 9.10. The summed E-state index contributed by atoms with van der Waals surface area (Å²) in [6.45, 7) is -0.141. The summed E-state index contributed by atoms with van der Waals surface area (Å²) in [7, 11) is 0. The maximum absolute atomic E-state index is 13.9. The largest absolute Gasteiger partial charge is 0.477 e. The quantitative estimate of drug-likeness (QED) is 0.915. The van der Waals surface area contributed by atoms with Crippen molar-refractivity contribution in [3.8, 4) is 11.8 Å². The summed E-state index contributed by atoms with van der Waals surface area (Å²) in [6, 6.07) is 12.9. The first kappa shape index (κ1) is 15.0. The van der Waals surface area contributed by atoms with Crippen molar-refractivity contribution in [1.82, 2.24) is 0 Å². The van der Waals surface area contributed by atoms with Gasteiger partial charge in [0.05, 0.1) is 15.7 Å². The van der Waals surface area contributed by atoms with Crippen LogP contribution in [-0.4, -0.2) is 12.5 Å². The zero-order valence-corrected chi connectivity index (χ0v) is 12.4. The molecule has 1 amide bonds. The molecule has 0 unspecified atom stereocenters. The number of nitriles is 1. The number of benzene rings is 2. The first-order chi connectivity index (χ1) is 10.1. The van der Waals surface area contributed by atoms with Gasteiger partial charge in [0.2, 0.25) is 0 Å². The van der Waals surface area contributed by atoms with Crippen LogP contribution < -0.4 is 10.1 Å². The smallest absolute Gasteiger partial charge is 0.258 e. The van der Waals surface area contributed by atoms with Gasteiger partial charge >= 0.3 is 0 Å². The standard InChI is InChI=1S/C15H10BrFN2O2/c16-11-5-3-4-10(14(11)17)15(20)19-12-6-1-2-7-13(12)21-9-8-18/h1-7H,9H2,(H,19,20). The molecule has 0 saturated heterocycles. The lowest BCUT2D eigenvalue weighted by Gasteiger charge is -2.11. The Morgan fingerprint density at radius 1 is 1.29 bits per heavy atom. The molecule has 21 heavy (non-hydrogen) atoms. The van der Waals surface area contributed by atoms with Crippen molar-refractivity contribution >= 4 is 27.5 Å². The van der Waals surface area contributed by atoms with Gasteiger partial charge in [-0.25, -0.2) is 4.39 Å². The molecule has 2 aromatic carbocycles. The molecule has 106 valence electrons. The van der Waals surface area contributed by atoms with Crippen molar-refractivity contribution in [2.75, 3.05) is 11.9 Å². The first-order valence-electron chi connectivity index (χ1n) is 5.97. The molecule has 0 aliphatic rings. The number of carbonyl (C=O) groups is 1. The van der Waals surface area contributed by atoms with Crippen molar-refractivity contribution in [2.45, 2.75) is 0 Å². The van der Waals surface area contributed by atoms with E-state index >= 15 is 0 Å². The summed E-state index contributed by atoms with van der Waals surface area (Å²) in [6.07, 6.45) is 0. The molecule has 2 rings (SSSR count). The van der Waals surface area contributed by atoms with Crippen LogP contribution in [0.1, 0.15) is 10.4 Å². The molecule has 2 aromatic rings. The van der Waals surface area contributed by atoms with Gasteiger partial charge < -0.3 is 10.1 Å². The van der Waals surface area contributed by atoms with Crippen LogP contribution in [0, 0.1) is 17.1 Å². The predicted molar refractivity (Wildman–Crippen MR) is 79.6 cm³/mol. The van der Waals surface area contributed by atoms with E-state index in [1.807, 2.05) is 6.07 Å². The van der Waals surface area contributed by atoms with Gasteiger partial charge in [0.1, 0.15) is 17.6 Å². The summed E-state index contributed by atoms with van der Waals surface area (Å²) in [5.41, 5.74) is 0.289. The number of nitrogens with zero attached hydrogens (tertiary/aromatic N) is 1. The topological polar surface area (TPSA) is 62.1 Å². The second-order valence-corrected chi connectivity index (χ2v) is 4.85. The zero-order chi connectivity index (χ0) is 15.2. The highest BCUT2D eigenvalue weighted by atomic mass is 79.9. The highest BCUT2D eigenvalue weighted by Gasteiger charge is 2.15. The fourth-order valence-corrected chi connectivity index (χ4v) is 2.04. The van der Waals surface area contributed by atoms with E-state index in [9.17, 15) is 9.18 Å². The van der Waals surface area contributed by atoms with Crippen LogP contribution in [0.4, 0.5) is 10.1 Å². The second-order valence-electron chi connectivity index (χ2n) is 4.00. The Labute approximate surface area is 129 Å². The molecule has 0 aliphatic carbocycles. The maximum Gasteiger partial charge on any atom is 0.258 e. The van der Waals surface area contributed by atoms with E-state index in [0.29, 0.717) is 11.4 Å². The number of halogens is 2. The normalized spacial score (nSPS) is 9.76. The van der Waals surface area contributed by atoms with Crippen LogP contribution in [0.5, 0.6) is 5.75 Å². The van der Waals surface area contributed by atoms with Gasteiger partial charge in [0.15, 0.2) is 6.61 Å². The number of anilines is 1. The molecule has 0 spiro atoms. The van der Waals surface area contributed by atoms with E-state index in [0.717, 1.165) is 0 Å². The minimum Gasteiger partial charge on any atom is -0.477 e. The van der Waals surface area contributed by atoms with Crippen LogP contribution in [-0.2, 0) is 0 Å². The molecule has 0 fully saturated rings. The zero-order valence-electron chi connectivity index (χ0n) is 10.8. The number of carbonyl (C=O) groups excluding carboxylic acids is 1. The number of nitrogens with one attached hydrogen (secondary N) is 1. The maximum atomic E-state index is 13.9. The van der Waals surface area contributed by atoms with E-state index in [2.05, 4.69) is 21.2 Å². The van der Waals surface area contributed by atoms with Crippen molar-refractivity contribution in [1.29, 1.82) is 5.26 Å². The van der Waals surface area contributed by atoms with Gasteiger partial charge in [-0.1, -0.05) is 18.2 Å². The molecule has 0 bridgehead atoms. The third-order valence-electron chi connectivity index (χ3n) is 2.62. The van der Waals surface area contributed by atoms with Gasteiger partial charge in [-0.2, -0.15) is 5.26 Å². The van der Waals surface area contributed by atoms with Gasteiger partial charge in [-0.3, -0.25) is 4.79 Å². The number of amides is 1. The minimum absolute atomic E-state index is 0.0838. The molecule has 0 atom stereocenters. The number of ether oxygens (including phenoxy) is 1. The lowest BCUT2D eigenvalue weighted by atomic mass is 10.2. The van der Waals surface area contributed by atoms with Crippen LogP contribution in [0.2, 0.25) is 0 Å². The van der Waals surface area contributed by atoms with E-state index in [-0.39, 0.29) is 16.6 Å². The van der Waals surface area contributed by atoms with Crippen molar-refractivity contribution < 1.29 is 13.9 Å². The molecule has 0 radical (unpaired) electrons. The van der Waals surface area contributed by atoms with Crippen LogP contribution >= 0.6 is 15.9 Å². The third kappa shape index (κ3) is 3.58. The van der Waals surface area contributed by atoms with E-state index in [1.165, 1.54) is 12.1 Å². The highest BCUT2D eigenvalue weighted by Crippen LogP contribution is 2.25. The Morgan fingerprint density at radius 3 is 2.81 bits per heavy atom. The Bertz CT molecular complexity index is 713. The van der Waals surface area contributed by atoms with Crippen LogP contribution in [0.15, 0.2) is 46.9 Å². The summed E-state index contributed by atoms with van der Waals surface area (Å²) in [5.74, 6) is -0.880. The molecule has 0 heterocycles. The van der Waals surface area contributed by atoms with E-state index in [4.69, 9.17) is 10.00 Å². The Balaban J connectivity index is 2.24. The Hall–Kier alpha value is -2.39. The SMILES string of the molecule is N#CCOc1ccccc1NC(=O)c1cccc(Br)c1F. The lowest BCUT2D eigenvalue weighted by molar-refractivity contribution is 0.102. The fourth-order valence-electron chi connectivity index (χ4n) is 1.67. The molecule has 0 aromatic heterocycles. The predicted octanol–water partition coefficient (Wildman–Crippen LogP) is 3.74. The van der Waals surface area contributed by atoms with Gasteiger partial charge in [0, 0.05) is 0 Å². The van der Waals surface area contributed by atoms with Gasteiger partial charge in [0.25, 0.3) is 5.91 Å². The van der Waals surface area contributed by atoms with Gasteiger partial charge in [-0.05, 0) is 40.2 Å². The Morgan fingerprint density at radius 2 is 2.05 bits per heavy atom. The minimum atomic E-state index is -0.634. The number of hydrogen-bond acceptors (Lipinski definition) is 3. The lowest BCUT2D eigenvalue weighted by Crippen LogP contribution is -2.14. The molecule has 4 nitrogen and oxygen atoms in total. The molecule has 0 saturated carbocycles.